The van der Waals surface area contributed by atoms with Gasteiger partial charge >= 0.3 is 0 Å². The molecule has 0 aliphatic carbocycles. The van der Waals surface area contributed by atoms with Crippen molar-refractivity contribution in [3.63, 3.8) is 0 Å². The molecule has 0 aromatic rings. The molecule has 0 saturated carbocycles. The number of unbranched alkanes of at least 4 members (excludes halogenated alkanes) is 2. The van der Waals surface area contributed by atoms with Crippen molar-refractivity contribution in [1.82, 2.24) is 10.2 Å². The maximum atomic E-state index is 12.2. The SMILES string of the molecule is CC(C)SC1CC(=O)N(CCCCCC(=O)NC(C=O)C(C)C)C1=O. The van der Waals surface area contributed by atoms with E-state index in [1.807, 2.05) is 27.7 Å². The Bertz CT molecular complexity index is 493. The first-order chi connectivity index (χ1) is 11.8. The lowest BCUT2D eigenvalue weighted by Gasteiger charge is -2.16. The molecule has 1 N–H and O–H groups in total. The van der Waals surface area contributed by atoms with Crippen LogP contribution in [0.1, 0.15) is 59.8 Å². The van der Waals surface area contributed by atoms with Crippen molar-refractivity contribution in [2.24, 2.45) is 5.92 Å². The zero-order valence-corrected chi connectivity index (χ0v) is 16.4. The van der Waals surface area contributed by atoms with Gasteiger partial charge in [0.2, 0.25) is 17.7 Å². The highest BCUT2D eigenvalue weighted by molar-refractivity contribution is 8.01. The van der Waals surface area contributed by atoms with Crippen molar-refractivity contribution < 1.29 is 19.2 Å². The Kier molecular flexibility index (Phi) is 9.17. The van der Waals surface area contributed by atoms with Crippen LogP contribution in [0.15, 0.2) is 0 Å². The number of aldehydes is 1. The first-order valence-corrected chi connectivity index (χ1v) is 9.94. The van der Waals surface area contributed by atoms with Crippen LogP contribution in [-0.4, -0.2) is 52.0 Å². The number of nitrogens with zero attached hydrogens (tertiary/aromatic N) is 1. The third-order valence-corrected chi connectivity index (χ3v) is 5.36. The number of hydrogen-bond donors (Lipinski definition) is 1. The summed E-state index contributed by atoms with van der Waals surface area (Å²) in [5.41, 5.74) is 0. The average molecular weight is 371 g/mol. The number of amides is 3. The van der Waals surface area contributed by atoms with Gasteiger partial charge in [0.25, 0.3) is 0 Å². The summed E-state index contributed by atoms with van der Waals surface area (Å²) >= 11 is 1.54. The summed E-state index contributed by atoms with van der Waals surface area (Å²) in [5, 5.41) is 2.79. The number of carbonyl (C=O) groups is 4. The van der Waals surface area contributed by atoms with Gasteiger partial charge in [-0.2, -0.15) is 0 Å². The van der Waals surface area contributed by atoms with Gasteiger partial charge in [0.1, 0.15) is 6.29 Å². The minimum Gasteiger partial charge on any atom is -0.346 e. The summed E-state index contributed by atoms with van der Waals surface area (Å²) in [6.07, 6.45) is 3.55. The van der Waals surface area contributed by atoms with Gasteiger partial charge in [-0.05, 0) is 24.0 Å². The van der Waals surface area contributed by atoms with Crippen molar-refractivity contribution in [2.45, 2.75) is 76.3 Å². The number of nitrogens with one attached hydrogen (secondary N) is 1. The van der Waals surface area contributed by atoms with E-state index in [-0.39, 0.29) is 28.9 Å². The second-order valence-corrected chi connectivity index (χ2v) is 8.83. The fourth-order valence-electron chi connectivity index (χ4n) is 2.67. The van der Waals surface area contributed by atoms with Crippen LogP contribution in [0.2, 0.25) is 0 Å². The van der Waals surface area contributed by atoms with Gasteiger partial charge in [0.15, 0.2) is 0 Å². The smallest absolute Gasteiger partial charge is 0.242 e. The van der Waals surface area contributed by atoms with E-state index in [1.165, 1.54) is 4.90 Å². The molecular formula is C18H30N2O4S. The highest BCUT2D eigenvalue weighted by atomic mass is 32.2. The Morgan fingerprint density at radius 2 is 1.92 bits per heavy atom. The lowest BCUT2D eigenvalue weighted by Crippen LogP contribution is -2.39. The van der Waals surface area contributed by atoms with E-state index in [2.05, 4.69) is 5.32 Å². The van der Waals surface area contributed by atoms with Gasteiger partial charge < -0.3 is 10.1 Å². The fourth-order valence-corrected chi connectivity index (χ4v) is 3.81. The molecule has 0 aromatic heterocycles. The number of carbonyl (C=O) groups excluding carboxylic acids is 4. The van der Waals surface area contributed by atoms with Crippen LogP contribution in [0.3, 0.4) is 0 Å². The largest absolute Gasteiger partial charge is 0.346 e. The standard InChI is InChI=1S/C18H30N2O4S/c1-12(2)14(11-21)19-16(22)8-6-5-7-9-20-17(23)10-15(18(20)24)25-13(3)4/h11-15H,5-10H2,1-4H3,(H,19,22). The maximum Gasteiger partial charge on any atom is 0.242 e. The Morgan fingerprint density at radius 1 is 1.24 bits per heavy atom. The van der Waals surface area contributed by atoms with Gasteiger partial charge in [-0.15, -0.1) is 11.8 Å². The van der Waals surface area contributed by atoms with E-state index in [1.54, 1.807) is 11.8 Å². The van der Waals surface area contributed by atoms with Crippen LogP contribution in [-0.2, 0) is 19.2 Å². The van der Waals surface area contributed by atoms with E-state index in [0.717, 1.165) is 12.7 Å². The minimum absolute atomic E-state index is 0.0743. The van der Waals surface area contributed by atoms with Crippen LogP contribution in [0.25, 0.3) is 0 Å². The quantitative estimate of drug-likeness (QED) is 0.342. The van der Waals surface area contributed by atoms with Crippen molar-refractivity contribution >= 4 is 35.8 Å². The van der Waals surface area contributed by atoms with Gasteiger partial charge in [-0.3, -0.25) is 19.3 Å². The maximum absolute atomic E-state index is 12.2. The molecule has 6 nitrogen and oxygen atoms in total. The molecule has 142 valence electrons. The molecule has 1 saturated heterocycles. The van der Waals surface area contributed by atoms with E-state index in [9.17, 15) is 19.2 Å². The molecule has 1 rings (SSSR count). The second-order valence-electron chi connectivity index (χ2n) is 7.05. The van der Waals surface area contributed by atoms with E-state index in [0.29, 0.717) is 37.5 Å². The topological polar surface area (TPSA) is 83.6 Å². The third-order valence-electron chi connectivity index (χ3n) is 4.12. The molecule has 1 heterocycles. The van der Waals surface area contributed by atoms with Crippen molar-refractivity contribution in [3.05, 3.63) is 0 Å². The predicted molar refractivity (Wildman–Crippen MR) is 99.2 cm³/mol. The summed E-state index contributed by atoms with van der Waals surface area (Å²) in [6, 6.07) is -0.442. The number of rotatable bonds is 11. The fraction of sp³-hybridized carbons (Fsp3) is 0.778. The van der Waals surface area contributed by atoms with Gasteiger partial charge in [-0.1, -0.05) is 34.1 Å². The Morgan fingerprint density at radius 3 is 2.48 bits per heavy atom. The zero-order chi connectivity index (χ0) is 19.0. The Labute approximate surface area is 154 Å². The Hall–Kier alpha value is -1.37. The van der Waals surface area contributed by atoms with Crippen LogP contribution in [0.4, 0.5) is 0 Å². The summed E-state index contributed by atoms with van der Waals surface area (Å²) in [7, 11) is 0. The third kappa shape index (κ3) is 7.18. The summed E-state index contributed by atoms with van der Waals surface area (Å²) < 4.78 is 0. The van der Waals surface area contributed by atoms with Gasteiger partial charge in [-0.25, -0.2) is 0 Å². The van der Waals surface area contributed by atoms with Crippen molar-refractivity contribution in [2.75, 3.05) is 6.54 Å². The predicted octanol–water partition coefficient (Wildman–Crippen LogP) is 2.16. The zero-order valence-electron chi connectivity index (χ0n) is 15.6. The lowest BCUT2D eigenvalue weighted by molar-refractivity contribution is -0.138. The molecule has 2 atom stereocenters. The first kappa shape index (κ1) is 21.7. The molecule has 1 aliphatic rings. The molecule has 0 spiro atoms. The van der Waals surface area contributed by atoms with Crippen LogP contribution < -0.4 is 5.32 Å². The lowest BCUT2D eigenvalue weighted by atomic mass is 10.1. The molecule has 7 heteroatoms. The van der Waals surface area contributed by atoms with Crippen LogP contribution in [0.5, 0.6) is 0 Å². The summed E-state index contributed by atoms with van der Waals surface area (Å²) in [5.74, 6) is -0.225. The highest BCUT2D eigenvalue weighted by Gasteiger charge is 2.38. The van der Waals surface area contributed by atoms with Crippen molar-refractivity contribution in [1.29, 1.82) is 0 Å². The molecular weight excluding hydrogens is 340 g/mol. The molecule has 0 radical (unpaired) electrons. The molecule has 1 aliphatic heterocycles. The molecule has 0 aromatic carbocycles. The molecule has 1 fully saturated rings. The monoisotopic (exact) mass is 370 g/mol. The van der Waals surface area contributed by atoms with Crippen LogP contribution >= 0.6 is 11.8 Å². The Balaban J connectivity index is 2.25. The van der Waals surface area contributed by atoms with Crippen LogP contribution in [0, 0.1) is 5.92 Å². The number of hydrogen-bond acceptors (Lipinski definition) is 5. The first-order valence-electron chi connectivity index (χ1n) is 9.00. The molecule has 25 heavy (non-hydrogen) atoms. The van der Waals surface area contributed by atoms with Gasteiger partial charge in [0.05, 0.1) is 11.3 Å². The summed E-state index contributed by atoms with van der Waals surface area (Å²) in [4.78, 5) is 48.2. The summed E-state index contributed by atoms with van der Waals surface area (Å²) in [6.45, 7) is 8.23. The molecule has 3 amide bonds. The van der Waals surface area contributed by atoms with Crippen molar-refractivity contribution in [3.8, 4) is 0 Å². The number of likely N-dealkylation sites (tertiary alicyclic amines) is 1. The van der Waals surface area contributed by atoms with E-state index < -0.39 is 6.04 Å². The average Bonchev–Trinajstić information content (AvgIpc) is 2.78. The number of thioether (sulfide) groups is 1. The normalized spacial score (nSPS) is 19.0. The highest BCUT2D eigenvalue weighted by Crippen LogP contribution is 2.28. The van der Waals surface area contributed by atoms with E-state index in [4.69, 9.17) is 0 Å². The van der Waals surface area contributed by atoms with E-state index >= 15 is 0 Å². The molecule has 2 unspecified atom stereocenters. The van der Waals surface area contributed by atoms with Gasteiger partial charge in [0, 0.05) is 19.4 Å². The molecule has 0 bridgehead atoms. The second kappa shape index (κ2) is 10.6. The minimum atomic E-state index is -0.442. The number of imide groups is 1.